The van der Waals surface area contributed by atoms with Gasteiger partial charge in [-0.1, -0.05) is 60.8 Å². The molecule has 1 fully saturated rings. The Bertz CT molecular complexity index is 286. The monoisotopic (exact) mass is 309 g/mol. The molecular formula is C21H43N. The van der Waals surface area contributed by atoms with Gasteiger partial charge in [-0.25, -0.2) is 0 Å². The topological polar surface area (TPSA) is 12.0 Å². The molecule has 22 heavy (non-hydrogen) atoms. The van der Waals surface area contributed by atoms with Gasteiger partial charge < -0.3 is 5.32 Å². The predicted molar refractivity (Wildman–Crippen MR) is 100 cm³/mol. The summed E-state index contributed by atoms with van der Waals surface area (Å²) < 4.78 is 0. The van der Waals surface area contributed by atoms with Crippen LogP contribution in [-0.4, -0.2) is 12.6 Å². The predicted octanol–water partition coefficient (Wildman–Crippen LogP) is 6.14. The first-order valence-corrected chi connectivity index (χ1v) is 10.2. The van der Waals surface area contributed by atoms with Gasteiger partial charge in [0.1, 0.15) is 0 Å². The first-order chi connectivity index (χ1) is 10.4. The molecule has 0 saturated heterocycles. The average Bonchev–Trinajstić information content (AvgIpc) is 3.28. The summed E-state index contributed by atoms with van der Waals surface area (Å²) in [4.78, 5) is 0. The van der Waals surface area contributed by atoms with Crippen molar-refractivity contribution in [3.05, 3.63) is 0 Å². The van der Waals surface area contributed by atoms with Gasteiger partial charge in [0.05, 0.1) is 0 Å². The van der Waals surface area contributed by atoms with Crippen LogP contribution in [0.3, 0.4) is 0 Å². The highest BCUT2D eigenvalue weighted by Crippen LogP contribution is 2.52. The molecule has 0 aliphatic heterocycles. The van der Waals surface area contributed by atoms with Crippen LogP contribution in [-0.2, 0) is 0 Å². The van der Waals surface area contributed by atoms with E-state index in [1.165, 1.54) is 45.1 Å². The van der Waals surface area contributed by atoms with Crippen molar-refractivity contribution in [2.45, 2.75) is 93.0 Å². The fourth-order valence-electron chi connectivity index (χ4n) is 4.25. The van der Waals surface area contributed by atoms with E-state index in [0.29, 0.717) is 6.04 Å². The molecule has 0 amide bonds. The van der Waals surface area contributed by atoms with Gasteiger partial charge in [0, 0.05) is 6.04 Å². The van der Waals surface area contributed by atoms with Crippen molar-refractivity contribution in [2.24, 2.45) is 35.5 Å². The number of rotatable bonds is 12. The molecule has 1 aliphatic rings. The van der Waals surface area contributed by atoms with E-state index < -0.39 is 0 Å². The van der Waals surface area contributed by atoms with Gasteiger partial charge in [-0.3, -0.25) is 0 Å². The van der Waals surface area contributed by atoms with Crippen LogP contribution in [0.15, 0.2) is 0 Å². The van der Waals surface area contributed by atoms with E-state index in [1.54, 1.807) is 0 Å². The molecule has 0 aromatic carbocycles. The number of hydrogen-bond acceptors (Lipinski definition) is 1. The molecule has 0 aromatic heterocycles. The molecule has 132 valence electrons. The largest absolute Gasteiger partial charge is 0.314 e. The van der Waals surface area contributed by atoms with Crippen molar-refractivity contribution in [3.63, 3.8) is 0 Å². The third-order valence-electron chi connectivity index (χ3n) is 6.53. The van der Waals surface area contributed by atoms with Crippen LogP contribution in [0.4, 0.5) is 0 Å². The Balaban J connectivity index is 2.23. The Hall–Kier alpha value is -0.0400. The maximum absolute atomic E-state index is 3.69. The van der Waals surface area contributed by atoms with Crippen molar-refractivity contribution in [3.8, 4) is 0 Å². The highest BCUT2D eigenvalue weighted by molar-refractivity contribution is 4.93. The van der Waals surface area contributed by atoms with Crippen LogP contribution in [0, 0.1) is 35.5 Å². The van der Waals surface area contributed by atoms with E-state index in [2.05, 4.69) is 53.8 Å². The zero-order chi connectivity index (χ0) is 16.7. The van der Waals surface area contributed by atoms with E-state index in [4.69, 9.17) is 0 Å². The summed E-state index contributed by atoms with van der Waals surface area (Å²) in [5, 5.41) is 3.69. The lowest BCUT2D eigenvalue weighted by Gasteiger charge is -2.24. The van der Waals surface area contributed by atoms with Crippen LogP contribution in [0.25, 0.3) is 0 Å². The van der Waals surface area contributed by atoms with Crippen molar-refractivity contribution in [2.75, 3.05) is 6.54 Å². The second kappa shape index (κ2) is 9.96. The molecule has 1 aliphatic carbocycles. The molecule has 6 atom stereocenters. The van der Waals surface area contributed by atoms with Crippen LogP contribution in [0.5, 0.6) is 0 Å². The van der Waals surface area contributed by atoms with Crippen LogP contribution >= 0.6 is 0 Å². The molecule has 1 rings (SSSR count). The van der Waals surface area contributed by atoms with Gasteiger partial charge in [0.15, 0.2) is 0 Å². The molecule has 0 bridgehead atoms. The Labute approximate surface area is 141 Å². The maximum Gasteiger partial charge on any atom is 0.00668 e. The van der Waals surface area contributed by atoms with Gasteiger partial charge in [-0.2, -0.15) is 0 Å². The quantitative estimate of drug-likeness (QED) is 0.457. The Morgan fingerprint density at radius 2 is 1.64 bits per heavy atom. The summed E-state index contributed by atoms with van der Waals surface area (Å²) in [5.41, 5.74) is 0. The van der Waals surface area contributed by atoms with Crippen molar-refractivity contribution < 1.29 is 0 Å². The van der Waals surface area contributed by atoms with Crippen molar-refractivity contribution in [1.82, 2.24) is 5.32 Å². The summed E-state index contributed by atoms with van der Waals surface area (Å²) in [6, 6.07) is 0.690. The lowest BCUT2D eigenvalue weighted by atomic mass is 9.86. The first kappa shape index (κ1) is 20.0. The third-order valence-corrected chi connectivity index (χ3v) is 6.53. The standard InChI is InChI=1S/C21H43N/c1-8-13-22-18(7)19(9-2)12-10-11-16(5)20-14-21(20)17(6)15(3)4/h15-22H,8-14H2,1-7H3/t16?,17?,18?,19?,20-,21+/m0/s1. The fraction of sp³-hybridized carbons (Fsp3) is 1.00. The van der Waals surface area contributed by atoms with Crippen LogP contribution in [0.1, 0.15) is 87.0 Å². The molecule has 0 heterocycles. The van der Waals surface area contributed by atoms with E-state index in [0.717, 1.165) is 35.5 Å². The fourth-order valence-corrected chi connectivity index (χ4v) is 4.25. The van der Waals surface area contributed by atoms with E-state index in [-0.39, 0.29) is 0 Å². The van der Waals surface area contributed by atoms with Gasteiger partial charge >= 0.3 is 0 Å². The Kier molecular flexibility index (Phi) is 9.05. The van der Waals surface area contributed by atoms with E-state index in [1.807, 2.05) is 0 Å². The molecule has 1 N–H and O–H groups in total. The van der Waals surface area contributed by atoms with Crippen LogP contribution < -0.4 is 5.32 Å². The Morgan fingerprint density at radius 1 is 0.955 bits per heavy atom. The molecule has 1 heteroatoms. The van der Waals surface area contributed by atoms with Crippen molar-refractivity contribution in [1.29, 1.82) is 0 Å². The zero-order valence-corrected chi connectivity index (χ0v) is 16.5. The van der Waals surface area contributed by atoms with Gasteiger partial charge in [0.2, 0.25) is 0 Å². The van der Waals surface area contributed by atoms with E-state index >= 15 is 0 Å². The second-order valence-electron chi connectivity index (χ2n) is 8.49. The SMILES string of the molecule is CCCNC(C)C(CC)CCCC(C)[C@@H]1C[C@@H]1C(C)C(C)C. The summed E-state index contributed by atoms with van der Waals surface area (Å²) in [6.45, 7) is 17.9. The maximum atomic E-state index is 3.69. The highest BCUT2D eigenvalue weighted by atomic mass is 14.9. The molecule has 1 nitrogen and oxygen atoms in total. The molecule has 1 saturated carbocycles. The second-order valence-corrected chi connectivity index (χ2v) is 8.49. The third kappa shape index (κ3) is 6.22. The highest BCUT2D eigenvalue weighted by Gasteiger charge is 2.44. The molecular weight excluding hydrogens is 266 g/mol. The summed E-state index contributed by atoms with van der Waals surface area (Å²) in [5.74, 6) is 5.66. The zero-order valence-electron chi connectivity index (χ0n) is 16.5. The molecule has 0 spiro atoms. The van der Waals surface area contributed by atoms with Gasteiger partial charge in [-0.05, 0) is 68.2 Å². The lowest BCUT2D eigenvalue weighted by Crippen LogP contribution is -2.33. The molecule has 4 unspecified atom stereocenters. The lowest BCUT2D eigenvalue weighted by molar-refractivity contribution is 0.299. The van der Waals surface area contributed by atoms with Gasteiger partial charge in [0.25, 0.3) is 0 Å². The van der Waals surface area contributed by atoms with E-state index in [9.17, 15) is 0 Å². The van der Waals surface area contributed by atoms with Crippen LogP contribution in [0.2, 0.25) is 0 Å². The minimum Gasteiger partial charge on any atom is -0.314 e. The summed E-state index contributed by atoms with van der Waals surface area (Å²) in [7, 11) is 0. The van der Waals surface area contributed by atoms with Gasteiger partial charge in [-0.15, -0.1) is 0 Å². The number of nitrogens with one attached hydrogen (secondary N) is 1. The number of hydrogen-bond donors (Lipinski definition) is 1. The molecule has 0 radical (unpaired) electrons. The molecule has 0 aromatic rings. The first-order valence-electron chi connectivity index (χ1n) is 10.2. The minimum absolute atomic E-state index is 0.690. The summed E-state index contributed by atoms with van der Waals surface area (Å²) in [6.07, 6.45) is 8.36. The minimum atomic E-state index is 0.690. The Morgan fingerprint density at radius 3 is 2.18 bits per heavy atom. The average molecular weight is 310 g/mol. The normalized spacial score (nSPS) is 26.7. The smallest absolute Gasteiger partial charge is 0.00668 e. The summed E-state index contributed by atoms with van der Waals surface area (Å²) >= 11 is 0. The van der Waals surface area contributed by atoms with Crippen molar-refractivity contribution >= 4 is 0 Å².